The second-order valence-corrected chi connectivity index (χ2v) is 16.9. The van der Waals surface area contributed by atoms with Gasteiger partial charge in [0.15, 0.2) is 5.96 Å². The second kappa shape index (κ2) is 17.3. The number of piperidine rings is 4. The lowest BCUT2D eigenvalue weighted by molar-refractivity contribution is -0.943. The smallest absolute Gasteiger partial charge is 0.243 e. The van der Waals surface area contributed by atoms with E-state index in [-0.39, 0.29) is 49.0 Å². The lowest BCUT2D eigenvalue weighted by Gasteiger charge is -2.52. The molecule has 1 aromatic rings. The topological polar surface area (TPSA) is 195 Å². The minimum absolute atomic E-state index is 0.0152. The van der Waals surface area contributed by atoms with Gasteiger partial charge < -0.3 is 35.4 Å². The van der Waals surface area contributed by atoms with Gasteiger partial charge in [-0.15, -0.1) is 0 Å². The highest BCUT2D eigenvalue weighted by Gasteiger charge is 2.46. The molecule has 3 amide bonds. The number of nitrogens with one attached hydrogen (secondary N) is 4. The molecule has 0 spiro atoms. The summed E-state index contributed by atoms with van der Waals surface area (Å²) in [4.78, 5) is 56.3. The van der Waals surface area contributed by atoms with Crippen LogP contribution >= 0.6 is 0 Å². The molecule has 6 rings (SSSR count). The predicted octanol–water partition coefficient (Wildman–Crippen LogP) is 1.06. The molecule has 0 radical (unpaired) electrons. The van der Waals surface area contributed by atoms with Gasteiger partial charge >= 0.3 is 0 Å². The Morgan fingerprint density at radius 3 is 2.49 bits per heavy atom. The molecule has 0 aliphatic carbocycles. The van der Waals surface area contributed by atoms with Crippen molar-refractivity contribution in [3.63, 3.8) is 0 Å². The Labute approximate surface area is 302 Å². The van der Waals surface area contributed by atoms with Crippen molar-refractivity contribution in [1.82, 2.24) is 25.2 Å². The average molecular weight is 730 g/mol. The normalized spacial score (nSPS) is 27.4. The number of quaternary nitrogens is 1. The molecule has 0 saturated carbocycles. The Hall–Kier alpha value is -3.56. The van der Waals surface area contributed by atoms with Gasteiger partial charge in [0, 0.05) is 38.9 Å². The summed E-state index contributed by atoms with van der Waals surface area (Å²) in [5.41, 5.74) is 6.23. The van der Waals surface area contributed by atoms with Crippen molar-refractivity contribution in [1.29, 1.82) is 5.41 Å². The fourth-order valence-corrected chi connectivity index (χ4v) is 10.2. The maximum atomic E-state index is 14.2. The van der Waals surface area contributed by atoms with E-state index in [0.717, 1.165) is 62.8 Å². The minimum Gasteiger partial charge on any atom is -0.370 e. The Bertz CT molecular complexity index is 1500. The number of carbonyl (C=O) groups is 4. The van der Waals surface area contributed by atoms with Gasteiger partial charge in [-0.05, 0) is 62.3 Å². The van der Waals surface area contributed by atoms with E-state index >= 15 is 0 Å². The number of rotatable bonds is 16. The monoisotopic (exact) mass is 729 g/mol. The Balaban J connectivity index is 1.24. The summed E-state index contributed by atoms with van der Waals surface area (Å²) in [5.74, 6) is -1.09. The van der Waals surface area contributed by atoms with Crippen LogP contribution in [-0.4, -0.2) is 123 Å². The van der Waals surface area contributed by atoms with Gasteiger partial charge in [-0.2, -0.15) is 0 Å². The third-order valence-electron chi connectivity index (χ3n) is 11.4. The van der Waals surface area contributed by atoms with Gasteiger partial charge in [-0.25, -0.2) is 13.1 Å². The third-order valence-corrected chi connectivity index (χ3v) is 12.8. The van der Waals surface area contributed by atoms with Crippen LogP contribution in [0.4, 0.5) is 0 Å². The van der Waals surface area contributed by atoms with E-state index in [9.17, 15) is 27.6 Å². The van der Waals surface area contributed by atoms with Crippen molar-refractivity contribution in [2.24, 2.45) is 17.6 Å². The maximum absolute atomic E-state index is 14.2. The number of hydrogen-bond donors (Lipinski definition) is 5. The number of aldehydes is 1. The van der Waals surface area contributed by atoms with Crippen LogP contribution < -0.4 is 21.1 Å². The molecular formula is C36H57N8O6S+. The molecule has 14 nitrogen and oxygen atoms in total. The van der Waals surface area contributed by atoms with Gasteiger partial charge in [0.2, 0.25) is 27.7 Å². The predicted molar refractivity (Wildman–Crippen MR) is 193 cm³/mol. The van der Waals surface area contributed by atoms with Crippen LogP contribution in [0.5, 0.6) is 0 Å². The number of likely N-dealkylation sites (tertiary alicyclic amines) is 2. The number of nitrogens with two attached hydrogens (primary N) is 1. The number of carbonyl (C=O) groups excluding carboxylic acids is 4. The fraction of sp³-hybridized carbons (Fsp3) is 0.694. The number of guanidine groups is 1. The highest BCUT2D eigenvalue weighted by atomic mass is 32.2. The first-order valence-corrected chi connectivity index (χ1v) is 20.4. The molecule has 5 atom stereocenters. The summed E-state index contributed by atoms with van der Waals surface area (Å²) in [7, 11) is -4.00. The molecule has 1 aromatic carbocycles. The van der Waals surface area contributed by atoms with Crippen LogP contribution in [0.3, 0.4) is 0 Å². The molecular weight excluding hydrogens is 673 g/mol. The molecule has 5 saturated heterocycles. The SMILES string of the molecule is CCC[N+]12CCC(CC1)C(NC(=O)CCC(NS(=O)(=O)Cc1ccccc1)C(=O)N1CCCC1C(=O)NC(C=O)CC1CCCN(C(=N)N)C1)C2. The summed E-state index contributed by atoms with van der Waals surface area (Å²) in [6.45, 7) is 7.93. The molecule has 5 aliphatic rings. The highest BCUT2D eigenvalue weighted by Crippen LogP contribution is 2.34. The highest BCUT2D eigenvalue weighted by molar-refractivity contribution is 7.88. The first-order chi connectivity index (χ1) is 24.4. The summed E-state index contributed by atoms with van der Waals surface area (Å²) in [5, 5.41) is 13.8. The molecule has 5 aliphatic heterocycles. The minimum atomic E-state index is -4.00. The standard InChI is InChI=1S/C36H56N8O6S/c1-2-18-44-19-14-28(15-20-44)31(23-44)40-33(46)13-12-30(41-51(49,50)25-26-8-4-3-5-9-26)35(48)43-17-7-11-32(43)34(47)39-29(24-45)21-27-10-6-16-42(22-27)36(37)38/h3-5,8-9,24,27-32,41H,2,6-7,10-23,25H2,1H3,(H4-,37,38,39,40,46,47)/p+1. The van der Waals surface area contributed by atoms with Gasteiger partial charge in [-0.3, -0.25) is 19.8 Å². The Morgan fingerprint density at radius 1 is 1.08 bits per heavy atom. The van der Waals surface area contributed by atoms with E-state index in [1.54, 1.807) is 35.2 Å². The number of sulfonamides is 1. The molecule has 15 heteroatoms. The van der Waals surface area contributed by atoms with Crippen molar-refractivity contribution in [2.45, 2.75) is 101 Å². The zero-order chi connectivity index (χ0) is 36.6. The Kier molecular flexibility index (Phi) is 13.1. The van der Waals surface area contributed by atoms with E-state index < -0.39 is 40.0 Å². The van der Waals surface area contributed by atoms with E-state index in [4.69, 9.17) is 11.1 Å². The molecule has 51 heavy (non-hydrogen) atoms. The second-order valence-electron chi connectivity index (χ2n) is 15.2. The van der Waals surface area contributed by atoms with E-state index in [0.29, 0.717) is 50.1 Å². The summed E-state index contributed by atoms with van der Waals surface area (Å²) in [6, 6.07) is 5.83. The van der Waals surface area contributed by atoms with Gasteiger partial charge in [0.25, 0.3) is 0 Å². The van der Waals surface area contributed by atoms with Crippen LogP contribution in [0, 0.1) is 17.2 Å². The van der Waals surface area contributed by atoms with Crippen LogP contribution in [-0.2, 0) is 35.0 Å². The quantitative estimate of drug-likeness (QED) is 0.0721. The van der Waals surface area contributed by atoms with Crippen molar-refractivity contribution < 1.29 is 32.1 Å². The van der Waals surface area contributed by atoms with Gasteiger partial charge in [0.1, 0.15) is 18.4 Å². The molecule has 2 bridgehead atoms. The van der Waals surface area contributed by atoms with Crippen molar-refractivity contribution in [2.75, 3.05) is 45.8 Å². The fourth-order valence-electron chi connectivity index (χ4n) is 8.84. The summed E-state index contributed by atoms with van der Waals surface area (Å²) < 4.78 is 30.4. The third kappa shape index (κ3) is 10.3. The summed E-state index contributed by atoms with van der Waals surface area (Å²) >= 11 is 0. The van der Waals surface area contributed by atoms with Gasteiger partial charge in [-0.1, -0.05) is 37.3 Å². The molecule has 282 valence electrons. The summed E-state index contributed by atoms with van der Waals surface area (Å²) in [6.07, 6.45) is 6.81. The van der Waals surface area contributed by atoms with Crippen molar-refractivity contribution in [3.05, 3.63) is 35.9 Å². The lowest BCUT2D eigenvalue weighted by atomic mass is 9.81. The van der Waals surface area contributed by atoms with Crippen molar-refractivity contribution >= 4 is 40.0 Å². The van der Waals surface area contributed by atoms with Crippen LogP contribution in [0.1, 0.15) is 76.7 Å². The van der Waals surface area contributed by atoms with Crippen LogP contribution in [0.15, 0.2) is 30.3 Å². The van der Waals surface area contributed by atoms with E-state index in [1.807, 2.05) is 0 Å². The number of benzene rings is 1. The molecule has 6 N–H and O–H groups in total. The zero-order valence-corrected chi connectivity index (χ0v) is 30.7. The zero-order valence-electron chi connectivity index (χ0n) is 29.9. The average Bonchev–Trinajstić information content (AvgIpc) is 3.61. The van der Waals surface area contributed by atoms with Crippen molar-refractivity contribution in [3.8, 4) is 0 Å². The molecule has 0 aromatic heterocycles. The van der Waals surface area contributed by atoms with E-state index in [2.05, 4.69) is 22.3 Å². The van der Waals surface area contributed by atoms with Crippen LogP contribution in [0.25, 0.3) is 0 Å². The molecule has 5 heterocycles. The number of amides is 3. The Morgan fingerprint density at radius 2 is 1.80 bits per heavy atom. The van der Waals surface area contributed by atoms with E-state index in [1.165, 1.54) is 4.90 Å². The number of fused-ring (bicyclic) bond motifs is 3. The van der Waals surface area contributed by atoms with Crippen LogP contribution in [0.2, 0.25) is 0 Å². The largest absolute Gasteiger partial charge is 0.370 e. The maximum Gasteiger partial charge on any atom is 0.243 e. The first-order valence-electron chi connectivity index (χ1n) is 18.7. The molecule has 5 fully saturated rings. The lowest BCUT2D eigenvalue weighted by Crippen LogP contribution is -2.67. The number of nitrogens with zero attached hydrogens (tertiary/aromatic N) is 3. The van der Waals surface area contributed by atoms with Gasteiger partial charge in [0.05, 0.1) is 44.0 Å². The number of hydrogen-bond acceptors (Lipinski definition) is 7. The molecule has 5 unspecified atom stereocenters. The first kappa shape index (κ1) is 38.7.